The van der Waals surface area contributed by atoms with Crippen molar-refractivity contribution in [1.29, 1.82) is 0 Å². The summed E-state index contributed by atoms with van der Waals surface area (Å²) >= 11 is 0. The lowest BCUT2D eigenvalue weighted by atomic mass is 9.85. The first-order chi connectivity index (χ1) is 10.1. The lowest BCUT2D eigenvalue weighted by Gasteiger charge is -2.31. The maximum Gasteiger partial charge on any atom is 0.194 e. The van der Waals surface area contributed by atoms with Crippen LogP contribution in [0.4, 0.5) is 4.39 Å². The highest BCUT2D eigenvalue weighted by atomic mass is 19.1. The van der Waals surface area contributed by atoms with E-state index in [4.69, 9.17) is 9.47 Å². The van der Waals surface area contributed by atoms with Gasteiger partial charge in [0.1, 0.15) is 5.60 Å². The Morgan fingerprint density at radius 1 is 1.24 bits per heavy atom. The predicted octanol–water partition coefficient (Wildman–Crippen LogP) is 4.15. The van der Waals surface area contributed by atoms with E-state index in [1.54, 1.807) is 6.07 Å². The quantitative estimate of drug-likeness (QED) is 0.604. The molecule has 0 aromatic heterocycles. The molecule has 4 heteroatoms. The molecule has 2 rings (SSSR count). The molecule has 21 heavy (non-hydrogen) atoms. The minimum atomic E-state index is -0.785. The summed E-state index contributed by atoms with van der Waals surface area (Å²) < 4.78 is 24.6. The van der Waals surface area contributed by atoms with Gasteiger partial charge in [-0.15, -0.1) is 0 Å². The third-order valence-electron chi connectivity index (χ3n) is 4.16. The zero-order valence-corrected chi connectivity index (χ0v) is 12.8. The van der Waals surface area contributed by atoms with Gasteiger partial charge < -0.3 is 9.47 Å². The van der Waals surface area contributed by atoms with Crippen LogP contribution >= 0.6 is 0 Å². The standard InChI is InChI=1S/C17H23FO3/c1-3-21-17(10-6-4-5-7-11-17)16(19)13-8-9-15(20-2)14(18)12-13/h8-9,12H,3-7,10-11H2,1-2H3. The van der Waals surface area contributed by atoms with Gasteiger partial charge >= 0.3 is 0 Å². The number of rotatable bonds is 5. The number of hydrogen-bond acceptors (Lipinski definition) is 3. The van der Waals surface area contributed by atoms with Gasteiger partial charge in [-0.25, -0.2) is 4.39 Å². The molecule has 1 aromatic rings. The Balaban J connectivity index is 2.31. The van der Waals surface area contributed by atoms with Crippen LogP contribution < -0.4 is 4.74 Å². The number of hydrogen-bond donors (Lipinski definition) is 0. The summed E-state index contributed by atoms with van der Waals surface area (Å²) in [7, 11) is 1.41. The summed E-state index contributed by atoms with van der Waals surface area (Å²) in [5.74, 6) is -0.464. The molecule has 0 bridgehead atoms. The van der Waals surface area contributed by atoms with E-state index in [1.165, 1.54) is 19.2 Å². The molecule has 1 aliphatic carbocycles. The molecule has 0 radical (unpaired) electrons. The Bertz CT molecular complexity index is 491. The maximum atomic E-state index is 13.9. The molecule has 0 heterocycles. The van der Waals surface area contributed by atoms with Crippen molar-refractivity contribution in [3.05, 3.63) is 29.6 Å². The van der Waals surface area contributed by atoms with E-state index in [0.717, 1.165) is 25.7 Å². The average molecular weight is 294 g/mol. The van der Waals surface area contributed by atoms with E-state index in [-0.39, 0.29) is 11.5 Å². The second kappa shape index (κ2) is 7.03. The van der Waals surface area contributed by atoms with Gasteiger partial charge in [0, 0.05) is 12.2 Å². The van der Waals surface area contributed by atoms with Crippen molar-refractivity contribution in [2.24, 2.45) is 0 Å². The second-order valence-corrected chi connectivity index (χ2v) is 5.52. The first-order valence-corrected chi connectivity index (χ1v) is 7.65. The van der Waals surface area contributed by atoms with Crippen molar-refractivity contribution >= 4 is 5.78 Å². The summed E-state index contributed by atoms with van der Waals surface area (Å²) in [6.45, 7) is 2.39. The van der Waals surface area contributed by atoms with Gasteiger partial charge in [0.2, 0.25) is 0 Å². The zero-order valence-electron chi connectivity index (χ0n) is 12.8. The molecule has 1 saturated carbocycles. The maximum absolute atomic E-state index is 13.9. The summed E-state index contributed by atoms with van der Waals surface area (Å²) in [5, 5.41) is 0. The average Bonchev–Trinajstić information content (AvgIpc) is 2.73. The highest BCUT2D eigenvalue weighted by Gasteiger charge is 2.39. The minimum Gasteiger partial charge on any atom is -0.494 e. The predicted molar refractivity (Wildman–Crippen MR) is 79.3 cm³/mol. The summed E-state index contributed by atoms with van der Waals surface area (Å²) in [5.41, 5.74) is -0.421. The van der Waals surface area contributed by atoms with E-state index in [2.05, 4.69) is 0 Å². The number of carbonyl (C=O) groups excluding carboxylic acids is 1. The molecule has 0 saturated heterocycles. The van der Waals surface area contributed by atoms with E-state index >= 15 is 0 Å². The summed E-state index contributed by atoms with van der Waals surface area (Å²) in [4.78, 5) is 12.9. The van der Waals surface area contributed by atoms with Crippen LogP contribution in [0.1, 0.15) is 55.8 Å². The molecule has 0 unspecified atom stereocenters. The molecule has 0 amide bonds. The smallest absolute Gasteiger partial charge is 0.194 e. The molecule has 3 nitrogen and oxygen atoms in total. The Morgan fingerprint density at radius 2 is 1.90 bits per heavy atom. The van der Waals surface area contributed by atoms with Crippen LogP contribution in [0.15, 0.2) is 18.2 Å². The fraction of sp³-hybridized carbons (Fsp3) is 0.588. The van der Waals surface area contributed by atoms with Crippen LogP contribution in [0.5, 0.6) is 5.75 Å². The topological polar surface area (TPSA) is 35.5 Å². The Morgan fingerprint density at radius 3 is 2.43 bits per heavy atom. The van der Waals surface area contributed by atoms with Crippen molar-refractivity contribution in [2.45, 2.75) is 51.0 Å². The van der Waals surface area contributed by atoms with Gasteiger partial charge in [-0.3, -0.25) is 4.79 Å². The van der Waals surface area contributed by atoms with Crippen LogP contribution in [-0.4, -0.2) is 25.1 Å². The van der Waals surface area contributed by atoms with Crippen LogP contribution in [-0.2, 0) is 4.74 Å². The van der Waals surface area contributed by atoms with Crippen LogP contribution in [0.25, 0.3) is 0 Å². The Hall–Kier alpha value is -1.42. The molecular weight excluding hydrogens is 271 g/mol. The summed E-state index contributed by atoms with van der Waals surface area (Å²) in [6.07, 6.45) is 5.63. The Labute approximate surface area is 125 Å². The molecular formula is C17H23FO3. The fourth-order valence-corrected chi connectivity index (χ4v) is 3.08. The van der Waals surface area contributed by atoms with Crippen molar-refractivity contribution in [1.82, 2.24) is 0 Å². The number of ether oxygens (including phenoxy) is 2. The van der Waals surface area contributed by atoms with Crippen molar-refractivity contribution in [3.8, 4) is 5.75 Å². The molecule has 0 N–H and O–H groups in total. The van der Waals surface area contributed by atoms with Crippen molar-refractivity contribution < 1.29 is 18.7 Å². The number of halogens is 1. The first-order valence-electron chi connectivity index (χ1n) is 7.65. The molecule has 1 aromatic carbocycles. The van der Waals surface area contributed by atoms with Crippen molar-refractivity contribution in [2.75, 3.05) is 13.7 Å². The van der Waals surface area contributed by atoms with E-state index in [1.807, 2.05) is 6.92 Å². The largest absolute Gasteiger partial charge is 0.494 e. The lowest BCUT2D eigenvalue weighted by Crippen LogP contribution is -2.41. The van der Waals surface area contributed by atoms with Crippen LogP contribution in [0.3, 0.4) is 0 Å². The summed E-state index contributed by atoms with van der Waals surface area (Å²) in [6, 6.07) is 4.38. The molecule has 0 spiro atoms. The van der Waals surface area contributed by atoms with E-state index in [0.29, 0.717) is 25.0 Å². The number of benzene rings is 1. The van der Waals surface area contributed by atoms with Crippen molar-refractivity contribution in [3.63, 3.8) is 0 Å². The minimum absolute atomic E-state index is 0.104. The zero-order chi connectivity index (χ0) is 15.3. The van der Waals surface area contributed by atoms with Gasteiger partial charge in [0.05, 0.1) is 7.11 Å². The van der Waals surface area contributed by atoms with Gasteiger partial charge in [0.15, 0.2) is 17.3 Å². The second-order valence-electron chi connectivity index (χ2n) is 5.52. The molecule has 1 aliphatic rings. The molecule has 0 atom stereocenters. The third kappa shape index (κ3) is 3.43. The number of Topliss-reactive ketones (excluding diaryl/α,β-unsaturated/α-hetero) is 1. The number of methoxy groups -OCH3 is 1. The number of ketones is 1. The monoisotopic (exact) mass is 294 g/mol. The van der Waals surface area contributed by atoms with Gasteiger partial charge in [0.25, 0.3) is 0 Å². The molecule has 0 aliphatic heterocycles. The van der Waals surface area contributed by atoms with Gasteiger partial charge in [-0.2, -0.15) is 0 Å². The SMILES string of the molecule is CCOC1(C(=O)c2ccc(OC)c(F)c2)CCCCCC1. The van der Waals surface area contributed by atoms with E-state index < -0.39 is 11.4 Å². The van der Waals surface area contributed by atoms with Crippen LogP contribution in [0.2, 0.25) is 0 Å². The third-order valence-corrected chi connectivity index (χ3v) is 4.16. The highest BCUT2D eigenvalue weighted by Crippen LogP contribution is 2.34. The van der Waals surface area contributed by atoms with E-state index in [9.17, 15) is 9.18 Å². The number of carbonyl (C=O) groups is 1. The van der Waals surface area contributed by atoms with Gasteiger partial charge in [-0.05, 0) is 38.0 Å². The van der Waals surface area contributed by atoms with Crippen LogP contribution in [0, 0.1) is 5.82 Å². The highest BCUT2D eigenvalue weighted by molar-refractivity contribution is 6.02. The normalized spacial score (nSPS) is 18.0. The first kappa shape index (κ1) is 16.0. The fourth-order valence-electron chi connectivity index (χ4n) is 3.08. The Kier molecular flexibility index (Phi) is 5.34. The van der Waals surface area contributed by atoms with Gasteiger partial charge in [-0.1, -0.05) is 25.7 Å². The lowest BCUT2D eigenvalue weighted by molar-refractivity contribution is -0.0292. The molecule has 1 fully saturated rings. The molecule has 116 valence electrons.